The molecule has 7 nitrogen and oxygen atoms in total. The molecule has 1 aromatic carbocycles. The second-order valence-electron chi connectivity index (χ2n) is 9.61. The number of halogens is 2. The van der Waals surface area contributed by atoms with Crippen LogP contribution in [0.4, 0.5) is 4.39 Å². The summed E-state index contributed by atoms with van der Waals surface area (Å²) in [5.74, 6) is 0.528. The number of rotatable bonds is 4. The van der Waals surface area contributed by atoms with Gasteiger partial charge in [-0.25, -0.2) is 14.4 Å². The molecule has 172 valence electrons. The Morgan fingerprint density at radius 2 is 2.06 bits per heavy atom. The van der Waals surface area contributed by atoms with Crippen LogP contribution in [0.2, 0.25) is 5.02 Å². The zero-order valence-corrected chi connectivity index (χ0v) is 19.2. The van der Waals surface area contributed by atoms with Gasteiger partial charge in [0.2, 0.25) is 0 Å². The molecule has 3 heterocycles. The molecule has 4 atom stereocenters. The van der Waals surface area contributed by atoms with E-state index in [4.69, 9.17) is 22.1 Å². The summed E-state index contributed by atoms with van der Waals surface area (Å²) in [4.78, 5) is 24.0. The Balaban J connectivity index is 1.23. The summed E-state index contributed by atoms with van der Waals surface area (Å²) in [6.45, 7) is 4.14. The number of benzene rings is 1. The van der Waals surface area contributed by atoms with Crippen molar-refractivity contribution in [2.45, 2.75) is 50.8 Å². The summed E-state index contributed by atoms with van der Waals surface area (Å²) < 4.78 is 20.4. The summed E-state index contributed by atoms with van der Waals surface area (Å²) in [6.07, 6.45) is 3.17. The summed E-state index contributed by atoms with van der Waals surface area (Å²) in [5, 5.41) is 4.08. The van der Waals surface area contributed by atoms with Gasteiger partial charge in [0.25, 0.3) is 5.91 Å². The standard InChI is InChI=1S/C24H25ClFN5O2/c1-11-21(25)12(2)29-22(28-11)15-9-31(10-17(15)27)23(32)14-4-3-13(26)7-18(14)33-19-8-20-24(30-20)6-5-16(19)24/h3-4,7,16,19-20,30H,5-6,8-10,27H2,1-2H3. The largest absolute Gasteiger partial charge is 0.489 e. The van der Waals surface area contributed by atoms with Gasteiger partial charge in [-0.2, -0.15) is 0 Å². The third kappa shape index (κ3) is 3.14. The molecule has 2 aromatic rings. The predicted octanol–water partition coefficient (Wildman–Crippen LogP) is 2.98. The third-order valence-electron chi connectivity index (χ3n) is 7.72. The molecule has 2 aliphatic carbocycles. The van der Waals surface area contributed by atoms with E-state index in [1.807, 2.05) is 13.8 Å². The van der Waals surface area contributed by atoms with E-state index >= 15 is 0 Å². The van der Waals surface area contributed by atoms with Crippen LogP contribution in [0, 0.1) is 25.6 Å². The molecule has 0 radical (unpaired) electrons. The van der Waals surface area contributed by atoms with E-state index in [0.717, 1.165) is 12.8 Å². The first kappa shape index (κ1) is 20.9. The van der Waals surface area contributed by atoms with Crippen LogP contribution in [-0.4, -0.2) is 51.5 Å². The highest BCUT2D eigenvalue weighted by Gasteiger charge is 2.71. The number of aromatic nitrogens is 2. The molecule has 1 amide bonds. The quantitative estimate of drug-likeness (QED) is 0.667. The number of piperidine rings is 1. The second-order valence-corrected chi connectivity index (χ2v) is 9.99. The molecule has 1 saturated heterocycles. The number of nitrogens with two attached hydrogens (primary N) is 1. The number of amides is 1. The minimum Gasteiger partial charge on any atom is -0.489 e. The zero-order chi connectivity index (χ0) is 23.1. The van der Waals surface area contributed by atoms with Crippen LogP contribution in [0.1, 0.15) is 46.8 Å². The van der Waals surface area contributed by atoms with Crippen LogP contribution >= 0.6 is 11.6 Å². The molecule has 9 heteroatoms. The zero-order valence-electron chi connectivity index (χ0n) is 18.5. The summed E-state index contributed by atoms with van der Waals surface area (Å²) in [5.41, 5.74) is 9.43. The average molecular weight is 470 g/mol. The van der Waals surface area contributed by atoms with Crippen LogP contribution in [0.15, 0.2) is 23.9 Å². The van der Waals surface area contributed by atoms with Crippen molar-refractivity contribution < 1.29 is 13.9 Å². The number of nitrogens with zero attached hydrogens (tertiary/aromatic N) is 3. The smallest absolute Gasteiger partial charge is 0.258 e. The number of ether oxygens (including phenoxy) is 1. The number of hydrogen-bond donors (Lipinski definition) is 2. The Kier molecular flexibility index (Phi) is 4.52. The Labute approximate surface area is 196 Å². The fraction of sp³-hybridized carbons (Fsp3) is 0.458. The summed E-state index contributed by atoms with van der Waals surface area (Å²) in [6, 6.07) is 4.60. The van der Waals surface area contributed by atoms with Gasteiger partial charge in [0, 0.05) is 41.3 Å². The van der Waals surface area contributed by atoms with Crippen LogP contribution in [0.3, 0.4) is 0 Å². The van der Waals surface area contributed by atoms with Gasteiger partial charge in [0.05, 0.1) is 35.1 Å². The fourth-order valence-corrected chi connectivity index (χ4v) is 5.86. The van der Waals surface area contributed by atoms with Gasteiger partial charge in [0.1, 0.15) is 17.7 Å². The minimum atomic E-state index is -0.425. The Morgan fingerprint density at radius 1 is 1.30 bits per heavy atom. The number of hydrogen-bond acceptors (Lipinski definition) is 6. The van der Waals surface area contributed by atoms with E-state index in [9.17, 15) is 9.18 Å². The summed E-state index contributed by atoms with van der Waals surface area (Å²) >= 11 is 6.20. The van der Waals surface area contributed by atoms with Crippen LogP contribution in [0.25, 0.3) is 5.57 Å². The monoisotopic (exact) mass is 469 g/mol. The maximum atomic E-state index is 14.1. The lowest BCUT2D eigenvalue weighted by molar-refractivity contribution is 0.0707. The molecule has 6 rings (SSSR count). The van der Waals surface area contributed by atoms with Gasteiger partial charge < -0.3 is 20.7 Å². The molecule has 0 bridgehead atoms. The highest BCUT2D eigenvalue weighted by atomic mass is 35.5. The first-order chi connectivity index (χ1) is 15.8. The SMILES string of the molecule is Cc1nc(C2=C(N)CN(C(=O)c3ccc(F)cc3OC3CC4NC45CCC35)C2)nc(C)c1Cl. The van der Waals surface area contributed by atoms with Gasteiger partial charge in [0.15, 0.2) is 5.82 Å². The first-order valence-corrected chi connectivity index (χ1v) is 11.7. The summed E-state index contributed by atoms with van der Waals surface area (Å²) in [7, 11) is 0. The van der Waals surface area contributed by atoms with E-state index in [-0.39, 0.29) is 30.6 Å². The third-order valence-corrected chi connectivity index (χ3v) is 8.27. The van der Waals surface area contributed by atoms with Crippen LogP contribution in [-0.2, 0) is 0 Å². The highest BCUT2D eigenvalue weighted by molar-refractivity contribution is 6.31. The lowest BCUT2D eigenvalue weighted by Crippen LogP contribution is -2.44. The van der Waals surface area contributed by atoms with Crippen molar-refractivity contribution >= 4 is 23.1 Å². The van der Waals surface area contributed by atoms with E-state index < -0.39 is 5.82 Å². The molecule has 2 aliphatic heterocycles. The van der Waals surface area contributed by atoms with Crippen molar-refractivity contribution in [1.29, 1.82) is 0 Å². The Morgan fingerprint density at radius 3 is 2.73 bits per heavy atom. The molecule has 1 aromatic heterocycles. The molecule has 33 heavy (non-hydrogen) atoms. The van der Waals surface area contributed by atoms with E-state index in [1.54, 1.807) is 4.90 Å². The van der Waals surface area contributed by atoms with Crippen molar-refractivity contribution in [3.05, 3.63) is 57.5 Å². The van der Waals surface area contributed by atoms with Gasteiger partial charge in [-0.15, -0.1) is 0 Å². The highest BCUT2D eigenvalue weighted by Crippen LogP contribution is 2.60. The molecule has 3 fully saturated rings. The number of carbonyl (C=O) groups excluding carboxylic acids is 1. The topological polar surface area (TPSA) is 103 Å². The molecule has 4 aliphatic rings. The Bertz CT molecular complexity index is 1210. The molecule has 2 saturated carbocycles. The molecule has 1 spiro atoms. The Hall–Kier alpha value is -2.71. The number of aryl methyl sites for hydroxylation is 2. The average Bonchev–Trinajstić information content (AvgIpc) is 3.31. The van der Waals surface area contributed by atoms with Crippen LogP contribution in [0.5, 0.6) is 5.75 Å². The van der Waals surface area contributed by atoms with Gasteiger partial charge in [-0.1, -0.05) is 11.6 Å². The first-order valence-electron chi connectivity index (χ1n) is 11.3. The lowest BCUT2D eigenvalue weighted by Gasteiger charge is -2.37. The van der Waals surface area contributed by atoms with E-state index in [2.05, 4.69) is 15.3 Å². The van der Waals surface area contributed by atoms with Crippen molar-refractivity contribution in [1.82, 2.24) is 20.2 Å². The van der Waals surface area contributed by atoms with Crippen molar-refractivity contribution in [2.75, 3.05) is 13.1 Å². The van der Waals surface area contributed by atoms with Crippen molar-refractivity contribution in [3.63, 3.8) is 0 Å². The van der Waals surface area contributed by atoms with Crippen molar-refractivity contribution in [3.8, 4) is 5.75 Å². The molecular formula is C24H25ClFN5O2. The lowest BCUT2D eigenvalue weighted by atomic mass is 9.73. The second kappa shape index (κ2) is 7.14. The van der Waals surface area contributed by atoms with Gasteiger partial charge in [-0.05, 0) is 38.8 Å². The fourth-order valence-electron chi connectivity index (χ4n) is 5.78. The van der Waals surface area contributed by atoms with E-state index in [1.165, 1.54) is 24.6 Å². The van der Waals surface area contributed by atoms with Crippen molar-refractivity contribution in [2.24, 2.45) is 11.7 Å². The number of carbonyl (C=O) groups is 1. The minimum absolute atomic E-state index is 0.00380. The van der Waals surface area contributed by atoms with E-state index in [0.29, 0.717) is 56.8 Å². The molecular weight excluding hydrogens is 445 g/mol. The van der Waals surface area contributed by atoms with Crippen LogP contribution < -0.4 is 15.8 Å². The maximum Gasteiger partial charge on any atom is 0.258 e. The number of nitrogens with one attached hydrogen (secondary N) is 1. The molecule has 4 unspecified atom stereocenters. The van der Waals surface area contributed by atoms with Gasteiger partial charge in [-0.3, -0.25) is 4.79 Å². The normalized spacial score (nSPS) is 29.6. The van der Waals surface area contributed by atoms with Gasteiger partial charge >= 0.3 is 0 Å². The predicted molar refractivity (Wildman–Crippen MR) is 121 cm³/mol. The maximum absolute atomic E-state index is 14.1. The molecule has 3 N–H and O–H groups in total.